The van der Waals surface area contributed by atoms with E-state index in [-0.39, 0.29) is 27.0 Å². The van der Waals surface area contributed by atoms with Crippen LogP contribution in [0, 0.1) is 0 Å². The Balaban J connectivity index is 1.85. The van der Waals surface area contributed by atoms with Gasteiger partial charge in [0, 0.05) is 33.3 Å². The van der Waals surface area contributed by atoms with Crippen LogP contribution in [0.5, 0.6) is 11.5 Å². The lowest BCUT2D eigenvalue weighted by atomic mass is 10.2. The molecule has 1 aliphatic heterocycles. The topological polar surface area (TPSA) is 122 Å². The Morgan fingerprint density at radius 3 is 2.19 bits per heavy atom. The molecule has 10 nitrogen and oxygen atoms in total. The maximum atomic E-state index is 13.2. The van der Waals surface area contributed by atoms with Crippen molar-refractivity contribution in [2.24, 2.45) is 0 Å². The maximum Gasteiger partial charge on any atom is 0.248 e. The van der Waals surface area contributed by atoms with E-state index in [0.717, 1.165) is 23.6 Å². The van der Waals surface area contributed by atoms with Crippen molar-refractivity contribution in [2.45, 2.75) is 29.1 Å². The molecule has 1 N–H and O–H groups in total. The Hall–Kier alpha value is -2.93. The van der Waals surface area contributed by atoms with Gasteiger partial charge >= 0.3 is 0 Å². The summed E-state index contributed by atoms with van der Waals surface area (Å²) in [4.78, 5) is 12.7. The number of nitrogens with zero attached hydrogens (tertiary/aromatic N) is 2. The van der Waals surface area contributed by atoms with Gasteiger partial charge in [0.25, 0.3) is 0 Å². The summed E-state index contributed by atoms with van der Waals surface area (Å²) >= 11 is 0. The molecule has 0 unspecified atom stereocenters. The number of nitrogens with one attached hydrogen (secondary N) is 1. The lowest BCUT2D eigenvalue weighted by molar-refractivity contribution is -0.111. The number of hydrogen-bond acceptors (Lipinski definition) is 7. The Kier molecular flexibility index (Phi) is 8.77. The van der Waals surface area contributed by atoms with Crippen LogP contribution in [0.15, 0.2) is 52.3 Å². The molecule has 196 valence electrons. The minimum atomic E-state index is -3.75. The molecule has 0 saturated carbocycles. The van der Waals surface area contributed by atoms with E-state index in [4.69, 9.17) is 9.47 Å². The highest BCUT2D eigenvalue weighted by Gasteiger charge is 2.29. The van der Waals surface area contributed by atoms with E-state index < -0.39 is 26.0 Å². The quantitative estimate of drug-likeness (QED) is 0.488. The molecule has 3 rings (SSSR count). The van der Waals surface area contributed by atoms with Crippen molar-refractivity contribution < 1.29 is 31.1 Å². The van der Waals surface area contributed by atoms with Crippen molar-refractivity contribution in [1.82, 2.24) is 8.61 Å². The van der Waals surface area contributed by atoms with Gasteiger partial charge in [0.1, 0.15) is 16.4 Å². The Morgan fingerprint density at radius 1 is 0.944 bits per heavy atom. The normalized spacial score (nSPS) is 15.2. The van der Waals surface area contributed by atoms with E-state index in [1.807, 2.05) is 0 Å². The molecule has 12 heteroatoms. The van der Waals surface area contributed by atoms with Crippen molar-refractivity contribution in [3.63, 3.8) is 0 Å². The van der Waals surface area contributed by atoms with Gasteiger partial charge in [0.2, 0.25) is 26.0 Å². The fourth-order valence-corrected chi connectivity index (χ4v) is 6.38. The van der Waals surface area contributed by atoms with Crippen LogP contribution < -0.4 is 14.8 Å². The largest absolute Gasteiger partial charge is 0.495 e. The van der Waals surface area contributed by atoms with Gasteiger partial charge < -0.3 is 14.8 Å². The fourth-order valence-electron chi connectivity index (χ4n) is 3.75. The average molecular weight is 538 g/mol. The summed E-state index contributed by atoms with van der Waals surface area (Å²) in [5, 5.41) is 2.62. The highest BCUT2D eigenvalue weighted by molar-refractivity contribution is 7.89. The van der Waals surface area contributed by atoms with Crippen molar-refractivity contribution in [1.29, 1.82) is 0 Å². The number of carbonyl (C=O) groups excluding carboxylic acids is 1. The van der Waals surface area contributed by atoms with Gasteiger partial charge in [-0.3, -0.25) is 4.79 Å². The number of rotatable bonds is 9. The molecule has 1 aliphatic rings. The van der Waals surface area contributed by atoms with Crippen molar-refractivity contribution in [3.8, 4) is 11.5 Å². The fraction of sp³-hybridized carbons (Fsp3) is 0.375. The molecular weight excluding hydrogens is 506 g/mol. The molecule has 2 aromatic carbocycles. The molecule has 1 amide bonds. The van der Waals surface area contributed by atoms with Crippen molar-refractivity contribution in [3.05, 3.63) is 48.0 Å². The van der Waals surface area contributed by atoms with Gasteiger partial charge in [0.05, 0.1) is 24.8 Å². The average Bonchev–Trinajstić information content (AvgIpc) is 2.87. The molecule has 2 aromatic rings. The third-order valence-corrected chi connectivity index (χ3v) is 9.49. The van der Waals surface area contributed by atoms with Crippen LogP contribution in [-0.2, 0) is 24.8 Å². The first-order valence-electron chi connectivity index (χ1n) is 11.3. The Labute approximate surface area is 212 Å². The van der Waals surface area contributed by atoms with Crippen molar-refractivity contribution >= 4 is 37.7 Å². The van der Waals surface area contributed by atoms with Crippen LogP contribution in [0.2, 0.25) is 0 Å². The molecular formula is C24H31N3O7S2. The summed E-state index contributed by atoms with van der Waals surface area (Å²) in [7, 11) is -1.83. The second kappa shape index (κ2) is 11.4. The number of amides is 1. The van der Waals surface area contributed by atoms with Crippen LogP contribution in [0.3, 0.4) is 0 Å². The zero-order valence-corrected chi connectivity index (χ0v) is 22.4. The van der Waals surface area contributed by atoms with Crippen LogP contribution in [0.25, 0.3) is 6.08 Å². The van der Waals surface area contributed by atoms with E-state index in [0.29, 0.717) is 18.7 Å². The second-order valence-corrected chi connectivity index (χ2v) is 12.4. The molecule has 0 atom stereocenters. The third kappa shape index (κ3) is 6.06. The van der Waals surface area contributed by atoms with E-state index in [9.17, 15) is 21.6 Å². The molecule has 0 spiro atoms. The second-order valence-electron chi connectivity index (χ2n) is 8.35. The van der Waals surface area contributed by atoms with Gasteiger partial charge in [-0.15, -0.1) is 0 Å². The summed E-state index contributed by atoms with van der Waals surface area (Å²) in [6, 6.07) is 8.82. The number of carbonyl (C=O) groups is 1. The SMILES string of the molecule is COc1ccc(S(=O)(=O)N(C)C)cc1NC(=O)C=Cc1ccc(OC)c(S(=O)(=O)N2CCCCC2)c1. The van der Waals surface area contributed by atoms with Crippen LogP contribution >= 0.6 is 0 Å². The molecule has 1 saturated heterocycles. The summed E-state index contributed by atoms with van der Waals surface area (Å²) in [5.41, 5.74) is 0.663. The van der Waals surface area contributed by atoms with Gasteiger partial charge in [-0.1, -0.05) is 12.5 Å². The van der Waals surface area contributed by atoms with E-state index >= 15 is 0 Å². The van der Waals surface area contributed by atoms with Gasteiger partial charge in [-0.2, -0.15) is 4.31 Å². The van der Waals surface area contributed by atoms with Crippen LogP contribution in [0.1, 0.15) is 24.8 Å². The molecule has 1 fully saturated rings. The monoisotopic (exact) mass is 537 g/mol. The molecule has 0 aromatic heterocycles. The summed E-state index contributed by atoms with van der Waals surface area (Å²) < 4.78 is 64.4. The molecule has 0 bridgehead atoms. The lowest BCUT2D eigenvalue weighted by Crippen LogP contribution is -2.35. The number of anilines is 1. The van der Waals surface area contributed by atoms with Crippen LogP contribution in [0.4, 0.5) is 5.69 Å². The van der Waals surface area contributed by atoms with Gasteiger partial charge in [-0.05, 0) is 54.8 Å². The Bertz CT molecular complexity index is 1350. The zero-order valence-electron chi connectivity index (χ0n) is 20.7. The molecule has 36 heavy (non-hydrogen) atoms. The Morgan fingerprint density at radius 2 is 1.58 bits per heavy atom. The number of benzene rings is 2. The number of ether oxygens (including phenoxy) is 2. The number of sulfonamides is 2. The zero-order chi connectivity index (χ0) is 26.5. The summed E-state index contributed by atoms with van der Waals surface area (Å²) in [5.74, 6) is -0.0383. The molecule has 0 radical (unpaired) electrons. The summed E-state index contributed by atoms with van der Waals surface area (Å²) in [6.07, 6.45) is 5.31. The summed E-state index contributed by atoms with van der Waals surface area (Å²) in [6.45, 7) is 0.913. The first kappa shape index (κ1) is 27.7. The first-order chi connectivity index (χ1) is 17.0. The van der Waals surface area contributed by atoms with Gasteiger partial charge in [-0.25, -0.2) is 21.1 Å². The smallest absolute Gasteiger partial charge is 0.248 e. The number of piperidine rings is 1. The number of hydrogen-bond donors (Lipinski definition) is 1. The first-order valence-corrected chi connectivity index (χ1v) is 14.2. The van der Waals surface area contributed by atoms with E-state index in [2.05, 4.69) is 5.32 Å². The highest BCUT2D eigenvalue weighted by atomic mass is 32.2. The highest BCUT2D eigenvalue weighted by Crippen LogP contribution is 2.31. The number of methoxy groups -OCH3 is 2. The third-order valence-electron chi connectivity index (χ3n) is 5.76. The molecule has 0 aliphatic carbocycles. The van der Waals surface area contributed by atoms with Crippen molar-refractivity contribution in [2.75, 3.05) is 46.7 Å². The van der Waals surface area contributed by atoms with E-state index in [1.165, 1.54) is 69.0 Å². The standard InChI is InChI=1S/C24H31N3O7S2/c1-26(2)35(29,30)19-10-12-21(33-3)20(17-19)25-24(28)13-9-18-8-11-22(34-4)23(16-18)36(31,32)27-14-6-5-7-15-27/h8-13,16-17H,5-7,14-15H2,1-4H3,(H,25,28). The lowest BCUT2D eigenvalue weighted by Gasteiger charge is -2.26. The van der Waals surface area contributed by atoms with Crippen LogP contribution in [-0.4, -0.2) is 72.8 Å². The predicted molar refractivity (Wildman–Crippen MR) is 137 cm³/mol. The predicted octanol–water partition coefficient (Wildman–Crippen LogP) is 2.78. The molecule has 1 heterocycles. The maximum absolute atomic E-state index is 13.2. The van der Waals surface area contributed by atoms with E-state index in [1.54, 1.807) is 12.1 Å². The van der Waals surface area contributed by atoms with Gasteiger partial charge in [0.15, 0.2) is 0 Å². The minimum Gasteiger partial charge on any atom is -0.495 e. The minimum absolute atomic E-state index is 0.00436.